The molecule has 1 aromatic carbocycles. The molecule has 2 heterocycles. The zero-order valence-electron chi connectivity index (χ0n) is 13.1. The van der Waals surface area contributed by atoms with E-state index in [1.54, 1.807) is 13.3 Å². The third-order valence-corrected chi connectivity index (χ3v) is 4.07. The summed E-state index contributed by atoms with van der Waals surface area (Å²) < 4.78 is 5.58. The van der Waals surface area contributed by atoms with Crippen molar-refractivity contribution in [3.05, 3.63) is 53.9 Å². The maximum atomic E-state index is 5.58. The van der Waals surface area contributed by atoms with Gasteiger partial charge >= 0.3 is 0 Å². The maximum Gasteiger partial charge on any atom is 0.142 e. The normalized spacial score (nSPS) is 14.3. The van der Waals surface area contributed by atoms with Gasteiger partial charge in [0.15, 0.2) is 0 Å². The van der Waals surface area contributed by atoms with Gasteiger partial charge in [0.25, 0.3) is 0 Å². The van der Waals surface area contributed by atoms with Crippen molar-refractivity contribution >= 4 is 5.69 Å². The van der Waals surface area contributed by atoms with Crippen LogP contribution in [-0.2, 0) is 13.1 Å². The molecule has 1 saturated heterocycles. The molecule has 2 aromatic rings. The zero-order valence-corrected chi connectivity index (χ0v) is 13.1. The Morgan fingerprint density at radius 3 is 2.68 bits per heavy atom. The molecule has 0 atom stereocenters. The lowest BCUT2D eigenvalue weighted by atomic mass is 10.1. The molecule has 1 fully saturated rings. The summed E-state index contributed by atoms with van der Waals surface area (Å²) in [7, 11) is 1.75. The minimum absolute atomic E-state index is 0.823. The molecule has 3 rings (SSSR count). The number of anilines is 1. The van der Waals surface area contributed by atoms with Crippen molar-refractivity contribution in [3.8, 4) is 5.75 Å². The fourth-order valence-electron chi connectivity index (χ4n) is 2.91. The Morgan fingerprint density at radius 2 is 1.95 bits per heavy atom. The van der Waals surface area contributed by atoms with Gasteiger partial charge in [0.05, 0.1) is 12.8 Å². The molecular formula is C18H23N3O. The SMILES string of the molecule is COc1cc(CNCc2cccnc2)ccc1N1CCCC1. The van der Waals surface area contributed by atoms with Gasteiger partial charge < -0.3 is 15.0 Å². The second-order valence-electron chi connectivity index (χ2n) is 5.67. The molecule has 22 heavy (non-hydrogen) atoms. The Balaban J connectivity index is 1.62. The van der Waals surface area contributed by atoms with Crippen molar-refractivity contribution in [3.63, 3.8) is 0 Å². The quantitative estimate of drug-likeness (QED) is 0.889. The highest BCUT2D eigenvalue weighted by molar-refractivity contribution is 5.60. The van der Waals surface area contributed by atoms with Gasteiger partial charge in [-0.1, -0.05) is 12.1 Å². The summed E-state index contributed by atoms with van der Waals surface area (Å²) in [5, 5.41) is 3.45. The van der Waals surface area contributed by atoms with E-state index in [-0.39, 0.29) is 0 Å². The molecule has 1 aromatic heterocycles. The fourth-order valence-corrected chi connectivity index (χ4v) is 2.91. The molecule has 0 saturated carbocycles. The van der Waals surface area contributed by atoms with Crippen LogP contribution in [0.2, 0.25) is 0 Å². The summed E-state index contributed by atoms with van der Waals surface area (Å²) in [5.74, 6) is 0.975. The minimum atomic E-state index is 0.823. The largest absolute Gasteiger partial charge is 0.495 e. The van der Waals surface area contributed by atoms with E-state index < -0.39 is 0 Å². The van der Waals surface area contributed by atoms with Crippen LogP contribution in [0, 0.1) is 0 Å². The molecule has 1 aliphatic rings. The number of ether oxygens (including phenoxy) is 1. The van der Waals surface area contributed by atoms with Crippen LogP contribution in [0.1, 0.15) is 24.0 Å². The highest BCUT2D eigenvalue weighted by Crippen LogP contribution is 2.31. The van der Waals surface area contributed by atoms with Crippen LogP contribution >= 0.6 is 0 Å². The van der Waals surface area contributed by atoms with Gasteiger partial charge in [-0.05, 0) is 42.2 Å². The molecule has 4 nitrogen and oxygen atoms in total. The number of rotatable bonds is 6. The number of methoxy groups -OCH3 is 1. The number of hydrogen-bond donors (Lipinski definition) is 1. The van der Waals surface area contributed by atoms with E-state index in [4.69, 9.17) is 4.74 Å². The van der Waals surface area contributed by atoms with Crippen LogP contribution in [-0.4, -0.2) is 25.2 Å². The third kappa shape index (κ3) is 3.57. The summed E-state index contributed by atoms with van der Waals surface area (Å²) in [6, 6.07) is 10.6. The number of aromatic nitrogens is 1. The van der Waals surface area contributed by atoms with Crippen molar-refractivity contribution < 1.29 is 4.74 Å². The lowest BCUT2D eigenvalue weighted by Gasteiger charge is -2.21. The van der Waals surface area contributed by atoms with Crippen LogP contribution in [0.25, 0.3) is 0 Å². The Labute approximate surface area is 132 Å². The van der Waals surface area contributed by atoms with Gasteiger partial charge in [0.2, 0.25) is 0 Å². The second-order valence-corrected chi connectivity index (χ2v) is 5.67. The minimum Gasteiger partial charge on any atom is -0.495 e. The molecule has 0 spiro atoms. The molecule has 1 N–H and O–H groups in total. The van der Waals surface area contributed by atoms with Crippen LogP contribution in [0.5, 0.6) is 5.75 Å². The fraction of sp³-hybridized carbons (Fsp3) is 0.389. The molecule has 116 valence electrons. The number of nitrogens with one attached hydrogen (secondary N) is 1. The Kier molecular flexibility index (Phi) is 4.91. The van der Waals surface area contributed by atoms with Gasteiger partial charge in [-0.3, -0.25) is 4.98 Å². The van der Waals surface area contributed by atoms with E-state index in [0.717, 1.165) is 31.9 Å². The second kappa shape index (κ2) is 7.27. The molecule has 0 bridgehead atoms. The summed E-state index contributed by atoms with van der Waals surface area (Å²) in [6.45, 7) is 3.92. The highest BCUT2D eigenvalue weighted by atomic mass is 16.5. The lowest BCUT2D eigenvalue weighted by molar-refractivity contribution is 0.414. The first-order chi connectivity index (χ1) is 10.9. The van der Waals surface area contributed by atoms with Crippen molar-refractivity contribution in [1.82, 2.24) is 10.3 Å². The summed E-state index contributed by atoms with van der Waals surface area (Å²) in [6.07, 6.45) is 6.24. The van der Waals surface area contributed by atoms with Crippen molar-refractivity contribution in [2.45, 2.75) is 25.9 Å². The van der Waals surface area contributed by atoms with Gasteiger partial charge in [-0.15, -0.1) is 0 Å². The van der Waals surface area contributed by atoms with Crippen molar-refractivity contribution in [1.29, 1.82) is 0 Å². The molecule has 0 unspecified atom stereocenters. The Morgan fingerprint density at radius 1 is 1.14 bits per heavy atom. The van der Waals surface area contributed by atoms with Gasteiger partial charge in [0, 0.05) is 38.6 Å². The van der Waals surface area contributed by atoms with Gasteiger partial charge in [-0.2, -0.15) is 0 Å². The number of nitrogens with zero attached hydrogens (tertiary/aromatic N) is 2. The van der Waals surface area contributed by atoms with Crippen LogP contribution < -0.4 is 15.0 Å². The Bertz CT molecular complexity index is 595. The molecule has 4 heteroatoms. The van der Waals surface area contributed by atoms with Crippen LogP contribution in [0.15, 0.2) is 42.7 Å². The van der Waals surface area contributed by atoms with Crippen LogP contribution in [0.3, 0.4) is 0 Å². The number of hydrogen-bond acceptors (Lipinski definition) is 4. The summed E-state index contributed by atoms with van der Waals surface area (Å²) in [4.78, 5) is 6.54. The average molecular weight is 297 g/mol. The summed E-state index contributed by atoms with van der Waals surface area (Å²) >= 11 is 0. The first-order valence-electron chi connectivity index (χ1n) is 7.88. The van der Waals surface area contributed by atoms with Gasteiger partial charge in [-0.25, -0.2) is 0 Å². The van der Waals surface area contributed by atoms with Crippen molar-refractivity contribution in [2.24, 2.45) is 0 Å². The van der Waals surface area contributed by atoms with Crippen molar-refractivity contribution in [2.75, 3.05) is 25.1 Å². The molecule has 0 radical (unpaired) electrons. The van der Waals surface area contributed by atoms with E-state index >= 15 is 0 Å². The first-order valence-corrected chi connectivity index (χ1v) is 7.88. The molecular weight excluding hydrogens is 274 g/mol. The monoisotopic (exact) mass is 297 g/mol. The van der Waals surface area contributed by atoms with E-state index in [1.165, 1.54) is 29.7 Å². The average Bonchev–Trinajstić information content (AvgIpc) is 3.10. The number of benzene rings is 1. The molecule has 0 aliphatic carbocycles. The molecule has 1 aliphatic heterocycles. The van der Waals surface area contributed by atoms with Crippen LogP contribution in [0.4, 0.5) is 5.69 Å². The lowest BCUT2D eigenvalue weighted by Crippen LogP contribution is -2.19. The third-order valence-electron chi connectivity index (χ3n) is 4.07. The standard InChI is InChI=1S/C18H23N3O/c1-22-18-11-15(6-7-17(18)21-9-2-3-10-21)12-20-14-16-5-4-8-19-13-16/h4-8,11,13,20H,2-3,9-10,12,14H2,1H3. The predicted molar refractivity (Wildman–Crippen MR) is 89.2 cm³/mol. The van der Waals surface area contributed by atoms with E-state index in [2.05, 4.69) is 39.5 Å². The van der Waals surface area contributed by atoms with E-state index in [9.17, 15) is 0 Å². The predicted octanol–water partition coefficient (Wildman–Crippen LogP) is 2.98. The topological polar surface area (TPSA) is 37.4 Å². The number of pyridine rings is 1. The highest BCUT2D eigenvalue weighted by Gasteiger charge is 2.16. The summed E-state index contributed by atoms with van der Waals surface area (Å²) in [5.41, 5.74) is 3.66. The first kappa shape index (κ1) is 14.9. The molecule has 0 amide bonds. The smallest absolute Gasteiger partial charge is 0.142 e. The van der Waals surface area contributed by atoms with E-state index in [1.807, 2.05) is 12.3 Å². The van der Waals surface area contributed by atoms with E-state index in [0.29, 0.717) is 0 Å². The maximum absolute atomic E-state index is 5.58. The Hall–Kier alpha value is -2.07. The zero-order chi connectivity index (χ0) is 15.2. The van der Waals surface area contributed by atoms with Gasteiger partial charge in [0.1, 0.15) is 5.75 Å².